The number of anilines is 2. The Bertz CT molecular complexity index is 2340. The summed E-state index contributed by atoms with van der Waals surface area (Å²) in [5, 5.41) is 2.57. The summed E-state index contributed by atoms with van der Waals surface area (Å²) in [6, 6.07) is 56.0. The van der Waals surface area contributed by atoms with E-state index in [1.165, 1.54) is 33.4 Å². The van der Waals surface area contributed by atoms with Gasteiger partial charge in [-0.25, -0.2) is 4.98 Å². The maximum Gasteiger partial charge on any atom is 0.226 e. The van der Waals surface area contributed by atoms with Crippen LogP contribution < -0.4 is 4.90 Å². The number of hydrogen-bond donors (Lipinski definition) is 0. The normalized spacial score (nSPS) is 14.8. The Morgan fingerprint density at radius 2 is 1.18 bits per heavy atom. The van der Waals surface area contributed by atoms with Crippen LogP contribution in [-0.4, -0.2) is 4.98 Å². The first-order valence-electron chi connectivity index (χ1n) is 17.1. The van der Waals surface area contributed by atoms with Gasteiger partial charge in [0.15, 0.2) is 0 Å². The molecule has 0 fully saturated rings. The predicted molar refractivity (Wildman–Crippen MR) is 208 cm³/mol. The molecule has 6 aromatic carbocycles. The number of fused-ring (bicyclic) bond motifs is 3. The van der Waals surface area contributed by atoms with Gasteiger partial charge >= 0.3 is 0 Å². The van der Waals surface area contributed by atoms with E-state index < -0.39 is 0 Å². The Morgan fingerprint density at radius 3 is 1.84 bits per heavy atom. The summed E-state index contributed by atoms with van der Waals surface area (Å²) in [6.45, 7) is 0. The summed E-state index contributed by atoms with van der Waals surface area (Å²) >= 11 is 1.84. The van der Waals surface area contributed by atoms with Gasteiger partial charge < -0.3 is 9.32 Å². The molecule has 2 aliphatic rings. The van der Waals surface area contributed by atoms with E-state index in [0.29, 0.717) is 5.89 Å². The topological polar surface area (TPSA) is 29.3 Å². The van der Waals surface area contributed by atoms with E-state index in [2.05, 4.69) is 162 Å². The van der Waals surface area contributed by atoms with Crippen molar-refractivity contribution in [1.29, 1.82) is 0 Å². The van der Waals surface area contributed by atoms with E-state index >= 15 is 0 Å². The van der Waals surface area contributed by atoms with Crippen LogP contribution in [0.25, 0.3) is 45.0 Å². The SMILES string of the molecule is C1=CC(c2ccccc2)SC=C1N(c1ccc2c(c1)-c1nc(-c3ccccc3)oc1CC2)c1ccc(-c2ccccc2)c(-c2ccccc2)c1. The molecule has 2 heterocycles. The molecule has 0 saturated heterocycles. The van der Waals surface area contributed by atoms with Gasteiger partial charge in [0.25, 0.3) is 0 Å². The third-order valence-electron chi connectivity index (χ3n) is 9.54. The van der Waals surface area contributed by atoms with Crippen molar-refractivity contribution in [2.24, 2.45) is 0 Å². The van der Waals surface area contributed by atoms with Crippen molar-refractivity contribution in [3.63, 3.8) is 0 Å². The average Bonchev–Trinajstić information content (AvgIpc) is 3.65. The molecule has 0 amide bonds. The number of hydrogen-bond acceptors (Lipinski definition) is 4. The first-order valence-corrected chi connectivity index (χ1v) is 18.0. The number of benzene rings is 6. The highest BCUT2D eigenvalue weighted by Crippen LogP contribution is 2.45. The second kappa shape index (κ2) is 13.2. The molecule has 7 aromatic rings. The molecule has 0 N–H and O–H groups in total. The number of rotatable bonds is 7. The van der Waals surface area contributed by atoms with Crippen molar-refractivity contribution in [3.8, 4) is 45.0 Å². The third kappa shape index (κ3) is 5.78. The molecule has 240 valence electrons. The van der Waals surface area contributed by atoms with Gasteiger partial charge in [0, 0.05) is 28.9 Å². The second-order valence-corrected chi connectivity index (χ2v) is 13.7. The number of nitrogens with zero attached hydrogens (tertiary/aromatic N) is 2. The molecule has 0 bridgehead atoms. The summed E-state index contributed by atoms with van der Waals surface area (Å²) in [6.07, 6.45) is 6.36. The summed E-state index contributed by atoms with van der Waals surface area (Å²) < 4.78 is 6.37. The molecular formula is C46H34N2OS. The minimum atomic E-state index is 0.264. The Hall–Kier alpha value is -5.84. The molecule has 1 aliphatic heterocycles. The maximum atomic E-state index is 6.37. The lowest BCUT2D eigenvalue weighted by Crippen LogP contribution is -2.17. The van der Waals surface area contributed by atoms with Crippen molar-refractivity contribution in [1.82, 2.24) is 4.98 Å². The second-order valence-electron chi connectivity index (χ2n) is 12.7. The fourth-order valence-electron chi connectivity index (χ4n) is 7.04. The standard InChI is InChI=1S/C46H34N2OS/c1-5-13-32(14-6-1)40-26-24-38(29-41(40)33-15-7-2-8-16-33)48(39-25-28-44(50-31-39)35-17-9-3-10-18-35)37-23-21-34-22-27-43-45(42(34)30-37)47-46(49-43)36-19-11-4-12-20-36/h1-21,23-26,28-31,44H,22,27H2. The molecule has 0 radical (unpaired) electrons. The Balaban J connectivity index is 1.18. The zero-order valence-electron chi connectivity index (χ0n) is 27.4. The summed E-state index contributed by atoms with van der Waals surface area (Å²) in [4.78, 5) is 7.46. The molecule has 0 saturated carbocycles. The number of allylic oxidation sites excluding steroid dienone is 1. The lowest BCUT2D eigenvalue weighted by atomic mass is 9.91. The van der Waals surface area contributed by atoms with E-state index in [0.717, 1.165) is 52.5 Å². The highest BCUT2D eigenvalue weighted by atomic mass is 32.2. The smallest absolute Gasteiger partial charge is 0.226 e. The third-order valence-corrected chi connectivity index (χ3v) is 10.6. The highest BCUT2D eigenvalue weighted by molar-refractivity contribution is 8.02. The number of aryl methyl sites for hydroxylation is 2. The average molecular weight is 663 g/mol. The number of oxazole rings is 1. The van der Waals surface area contributed by atoms with Crippen LogP contribution in [-0.2, 0) is 12.8 Å². The summed E-state index contributed by atoms with van der Waals surface area (Å²) in [5.41, 5.74) is 13.8. The Labute approximate surface area is 297 Å². The van der Waals surface area contributed by atoms with Crippen LogP contribution in [0, 0.1) is 0 Å². The van der Waals surface area contributed by atoms with Gasteiger partial charge in [0.05, 0.1) is 10.9 Å². The van der Waals surface area contributed by atoms with Gasteiger partial charge in [-0.2, -0.15) is 0 Å². The highest BCUT2D eigenvalue weighted by Gasteiger charge is 2.26. The first kappa shape index (κ1) is 30.2. The van der Waals surface area contributed by atoms with Crippen molar-refractivity contribution in [2.75, 3.05) is 4.90 Å². The minimum absolute atomic E-state index is 0.264. The minimum Gasteiger partial charge on any atom is -0.440 e. The molecule has 0 spiro atoms. The van der Waals surface area contributed by atoms with Crippen molar-refractivity contribution < 1.29 is 4.42 Å². The largest absolute Gasteiger partial charge is 0.440 e. The maximum absolute atomic E-state index is 6.37. The molecule has 4 heteroatoms. The molecular weight excluding hydrogens is 629 g/mol. The van der Waals surface area contributed by atoms with Crippen molar-refractivity contribution in [3.05, 3.63) is 198 Å². The van der Waals surface area contributed by atoms with Crippen LogP contribution in [0.5, 0.6) is 0 Å². The van der Waals surface area contributed by atoms with Crippen LogP contribution in [0.2, 0.25) is 0 Å². The quantitative estimate of drug-likeness (QED) is 0.170. The van der Waals surface area contributed by atoms with Crippen LogP contribution in [0.3, 0.4) is 0 Å². The molecule has 1 aliphatic carbocycles. The van der Waals surface area contributed by atoms with Gasteiger partial charge in [-0.15, -0.1) is 11.8 Å². The van der Waals surface area contributed by atoms with E-state index in [1.54, 1.807) is 0 Å². The molecule has 50 heavy (non-hydrogen) atoms. The van der Waals surface area contributed by atoms with Gasteiger partial charge in [-0.3, -0.25) is 0 Å². The molecule has 1 atom stereocenters. The molecule has 1 unspecified atom stereocenters. The first-order chi connectivity index (χ1) is 24.8. The van der Waals surface area contributed by atoms with Gasteiger partial charge in [-0.1, -0.05) is 127 Å². The Morgan fingerprint density at radius 1 is 0.580 bits per heavy atom. The zero-order chi connectivity index (χ0) is 33.3. The monoisotopic (exact) mass is 662 g/mol. The molecule has 9 rings (SSSR count). The Kier molecular flexibility index (Phi) is 8.00. The number of aromatic nitrogens is 1. The van der Waals surface area contributed by atoms with E-state index in [9.17, 15) is 0 Å². The predicted octanol–water partition coefficient (Wildman–Crippen LogP) is 12.5. The van der Waals surface area contributed by atoms with Gasteiger partial charge in [0.1, 0.15) is 11.5 Å². The van der Waals surface area contributed by atoms with Crippen LogP contribution >= 0.6 is 11.8 Å². The van der Waals surface area contributed by atoms with Crippen LogP contribution in [0.1, 0.15) is 22.1 Å². The molecule has 3 nitrogen and oxygen atoms in total. The van der Waals surface area contributed by atoms with Crippen LogP contribution in [0.4, 0.5) is 11.4 Å². The molecule has 1 aromatic heterocycles. The van der Waals surface area contributed by atoms with E-state index in [1.807, 2.05) is 30.0 Å². The van der Waals surface area contributed by atoms with Crippen molar-refractivity contribution >= 4 is 23.1 Å². The fraction of sp³-hybridized carbons (Fsp3) is 0.0652. The van der Waals surface area contributed by atoms with E-state index in [4.69, 9.17) is 9.40 Å². The van der Waals surface area contributed by atoms with Crippen LogP contribution in [0.15, 0.2) is 185 Å². The lowest BCUT2D eigenvalue weighted by molar-refractivity contribution is 0.516. The van der Waals surface area contributed by atoms with E-state index in [-0.39, 0.29) is 5.25 Å². The van der Waals surface area contributed by atoms with Crippen molar-refractivity contribution in [2.45, 2.75) is 18.1 Å². The van der Waals surface area contributed by atoms with Gasteiger partial charge in [-0.05, 0) is 87.7 Å². The lowest BCUT2D eigenvalue weighted by Gasteiger charge is -2.30. The number of thioether (sulfide) groups is 1. The van der Waals surface area contributed by atoms with Gasteiger partial charge in [0.2, 0.25) is 5.89 Å². The fourth-order valence-corrected chi connectivity index (χ4v) is 8.00. The zero-order valence-corrected chi connectivity index (χ0v) is 28.3. The summed E-state index contributed by atoms with van der Waals surface area (Å²) in [7, 11) is 0. The summed E-state index contributed by atoms with van der Waals surface area (Å²) in [5.74, 6) is 1.63.